The predicted octanol–water partition coefficient (Wildman–Crippen LogP) is 4.33. The average molecular weight is 447 g/mol. The van der Waals surface area contributed by atoms with Gasteiger partial charge < -0.3 is 5.32 Å². The zero-order valence-electron chi connectivity index (χ0n) is 19.4. The number of fused-ring (bicyclic) bond motifs is 2. The molecule has 1 aliphatic heterocycles. The number of carbonyl (C=O) groups excluding carboxylic acids is 1. The van der Waals surface area contributed by atoms with Crippen molar-refractivity contribution in [2.75, 3.05) is 13.1 Å². The highest BCUT2D eigenvalue weighted by Crippen LogP contribution is 2.49. The van der Waals surface area contributed by atoms with Gasteiger partial charge in [0.2, 0.25) is 15.9 Å². The molecular formula is C25H38N2O3S. The van der Waals surface area contributed by atoms with Gasteiger partial charge in [0.05, 0.1) is 4.90 Å². The first kappa shape index (κ1) is 22.8. The lowest BCUT2D eigenvalue weighted by Crippen LogP contribution is -2.47. The fourth-order valence-corrected chi connectivity index (χ4v) is 7.46. The van der Waals surface area contributed by atoms with Gasteiger partial charge in [0.1, 0.15) is 0 Å². The number of piperidine rings is 1. The number of benzene rings is 1. The van der Waals surface area contributed by atoms with Crippen LogP contribution in [0.3, 0.4) is 0 Å². The molecule has 172 valence electrons. The summed E-state index contributed by atoms with van der Waals surface area (Å²) in [6, 6.07) is 7.47. The molecule has 31 heavy (non-hydrogen) atoms. The van der Waals surface area contributed by atoms with Crippen molar-refractivity contribution < 1.29 is 13.2 Å². The van der Waals surface area contributed by atoms with Crippen LogP contribution in [0.4, 0.5) is 0 Å². The van der Waals surface area contributed by atoms with Crippen LogP contribution in [0.5, 0.6) is 0 Å². The van der Waals surface area contributed by atoms with E-state index in [4.69, 9.17) is 0 Å². The highest BCUT2D eigenvalue weighted by atomic mass is 32.2. The molecule has 0 spiro atoms. The molecule has 0 aromatic heterocycles. The second kappa shape index (κ2) is 8.51. The van der Waals surface area contributed by atoms with Crippen molar-refractivity contribution in [1.29, 1.82) is 0 Å². The molecule has 2 bridgehead atoms. The van der Waals surface area contributed by atoms with E-state index in [-0.39, 0.29) is 23.3 Å². The molecule has 0 unspecified atom stereocenters. The maximum atomic E-state index is 13.1. The Morgan fingerprint density at radius 1 is 1.03 bits per heavy atom. The summed E-state index contributed by atoms with van der Waals surface area (Å²) in [6.07, 6.45) is 6.48. The molecule has 1 aromatic carbocycles. The van der Waals surface area contributed by atoms with Gasteiger partial charge in [-0.25, -0.2) is 8.42 Å². The fourth-order valence-electron chi connectivity index (χ4n) is 5.99. The first-order valence-corrected chi connectivity index (χ1v) is 13.4. The van der Waals surface area contributed by atoms with E-state index in [9.17, 15) is 13.2 Å². The summed E-state index contributed by atoms with van der Waals surface area (Å²) >= 11 is 0. The van der Waals surface area contributed by atoms with Crippen molar-refractivity contribution >= 4 is 15.9 Å². The third-order valence-corrected chi connectivity index (χ3v) is 9.90. The van der Waals surface area contributed by atoms with Gasteiger partial charge in [-0.1, -0.05) is 39.3 Å². The van der Waals surface area contributed by atoms with E-state index in [0.29, 0.717) is 36.7 Å². The molecule has 2 aliphatic carbocycles. The molecule has 1 N–H and O–H groups in total. The van der Waals surface area contributed by atoms with E-state index < -0.39 is 10.0 Å². The Bertz CT molecular complexity index is 896. The van der Waals surface area contributed by atoms with Gasteiger partial charge in [-0.3, -0.25) is 4.79 Å². The number of rotatable bonds is 5. The minimum Gasteiger partial charge on any atom is -0.353 e. The lowest BCUT2D eigenvalue weighted by molar-refractivity contribution is -0.127. The zero-order valence-corrected chi connectivity index (χ0v) is 20.2. The average Bonchev–Trinajstić information content (AvgIpc) is 3.37. The fraction of sp³-hybridized carbons (Fsp3) is 0.720. The molecule has 5 nitrogen and oxygen atoms in total. The molecule has 3 fully saturated rings. The van der Waals surface area contributed by atoms with Crippen molar-refractivity contribution in [2.24, 2.45) is 23.7 Å². The SMILES string of the molecule is C[C@@H](NC(=O)C1CCN(S(=O)(=O)c2ccc(C(C)(C)C)cc2)CC1)[C@H]1C[C@H]2CC[C@H]1C2. The lowest BCUT2D eigenvalue weighted by atomic mass is 9.83. The molecule has 3 aliphatic rings. The molecule has 0 radical (unpaired) electrons. The van der Waals surface area contributed by atoms with Gasteiger partial charge in [-0.2, -0.15) is 4.31 Å². The van der Waals surface area contributed by atoms with Crippen LogP contribution in [0.1, 0.15) is 71.8 Å². The Labute approximate surface area is 188 Å². The van der Waals surface area contributed by atoms with Crippen LogP contribution < -0.4 is 5.32 Å². The zero-order chi connectivity index (χ0) is 22.4. The van der Waals surface area contributed by atoms with Gasteiger partial charge >= 0.3 is 0 Å². The van der Waals surface area contributed by atoms with Crippen molar-refractivity contribution in [2.45, 2.75) is 82.6 Å². The molecule has 1 aromatic rings. The van der Waals surface area contributed by atoms with E-state index in [1.165, 1.54) is 25.7 Å². The Balaban J connectivity index is 1.32. The van der Waals surface area contributed by atoms with Crippen LogP contribution in [-0.2, 0) is 20.2 Å². The maximum Gasteiger partial charge on any atom is 0.243 e. The largest absolute Gasteiger partial charge is 0.353 e. The highest BCUT2D eigenvalue weighted by molar-refractivity contribution is 7.89. The number of nitrogens with zero attached hydrogens (tertiary/aromatic N) is 1. The van der Waals surface area contributed by atoms with Gasteiger partial charge in [-0.05, 0) is 79.9 Å². The molecule has 1 amide bonds. The summed E-state index contributed by atoms with van der Waals surface area (Å²) < 4.78 is 27.7. The Hall–Kier alpha value is -1.40. The van der Waals surface area contributed by atoms with Gasteiger partial charge in [0, 0.05) is 25.0 Å². The van der Waals surface area contributed by atoms with Crippen LogP contribution in [0.2, 0.25) is 0 Å². The number of hydrogen-bond donors (Lipinski definition) is 1. The maximum absolute atomic E-state index is 13.1. The first-order chi connectivity index (χ1) is 14.6. The normalized spacial score (nSPS) is 28.6. The lowest BCUT2D eigenvalue weighted by Gasteiger charge is -2.33. The third kappa shape index (κ3) is 4.70. The molecule has 2 saturated carbocycles. The molecule has 6 heteroatoms. The van der Waals surface area contributed by atoms with Crippen LogP contribution in [0.15, 0.2) is 29.2 Å². The van der Waals surface area contributed by atoms with Crippen molar-refractivity contribution in [3.63, 3.8) is 0 Å². The van der Waals surface area contributed by atoms with Crippen molar-refractivity contribution in [1.82, 2.24) is 9.62 Å². The van der Waals surface area contributed by atoms with E-state index in [1.54, 1.807) is 16.4 Å². The van der Waals surface area contributed by atoms with Gasteiger partial charge in [-0.15, -0.1) is 0 Å². The minimum absolute atomic E-state index is 0.0107. The molecule has 4 rings (SSSR count). The standard InChI is InChI=1S/C25H38N2O3S/c1-17(23-16-18-5-6-20(23)15-18)26-24(28)19-11-13-27(14-12-19)31(29,30)22-9-7-21(8-10-22)25(2,3)4/h7-10,17-20,23H,5-6,11-16H2,1-4H3,(H,26,28)/t17-,18+,20+,23-/m1/s1. The summed E-state index contributed by atoms with van der Waals surface area (Å²) in [5, 5.41) is 3.28. The number of sulfonamides is 1. The quantitative estimate of drug-likeness (QED) is 0.732. The Kier molecular flexibility index (Phi) is 6.25. The summed E-state index contributed by atoms with van der Waals surface area (Å²) in [7, 11) is -3.51. The number of nitrogens with one attached hydrogen (secondary N) is 1. The van der Waals surface area contributed by atoms with E-state index in [1.807, 2.05) is 12.1 Å². The van der Waals surface area contributed by atoms with Crippen molar-refractivity contribution in [3.8, 4) is 0 Å². The van der Waals surface area contributed by atoms with E-state index in [2.05, 4.69) is 33.0 Å². The second-order valence-corrected chi connectivity index (χ2v) is 13.0. The highest BCUT2D eigenvalue weighted by Gasteiger charge is 2.42. The number of carbonyl (C=O) groups is 1. The van der Waals surface area contributed by atoms with Crippen LogP contribution in [-0.4, -0.2) is 37.8 Å². The van der Waals surface area contributed by atoms with E-state index >= 15 is 0 Å². The topological polar surface area (TPSA) is 66.5 Å². The summed E-state index contributed by atoms with van der Waals surface area (Å²) in [4.78, 5) is 13.2. The molecule has 1 heterocycles. The molecule has 4 atom stereocenters. The minimum atomic E-state index is -3.51. The van der Waals surface area contributed by atoms with Crippen LogP contribution in [0.25, 0.3) is 0 Å². The van der Waals surface area contributed by atoms with Crippen LogP contribution in [0, 0.1) is 23.7 Å². The summed E-state index contributed by atoms with van der Waals surface area (Å²) in [5.74, 6) is 2.31. The summed E-state index contributed by atoms with van der Waals surface area (Å²) in [5.41, 5.74) is 1.11. The monoisotopic (exact) mass is 446 g/mol. The molecular weight excluding hydrogens is 408 g/mol. The van der Waals surface area contributed by atoms with Gasteiger partial charge in [0.15, 0.2) is 0 Å². The van der Waals surface area contributed by atoms with Gasteiger partial charge in [0.25, 0.3) is 0 Å². The van der Waals surface area contributed by atoms with Crippen LogP contribution >= 0.6 is 0 Å². The number of hydrogen-bond acceptors (Lipinski definition) is 3. The number of amides is 1. The third-order valence-electron chi connectivity index (χ3n) is 7.99. The smallest absolute Gasteiger partial charge is 0.243 e. The summed E-state index contributed by atoms with van der Waals surface area (Å²) in [6.45, 7) is 9.32. The Morgan fingerprint density at radius 3 is 2.19 bits per heavy atom. The van der Waals surface area contributed by atoms with E-state index in [0.717, 1.165) is 17.4 Å². The van der Waals surface area contributed by atoms with Crippen molar-refractivity contribution in [3.05, 3.63) is 29.8 Å². The Morgan fingerprint density at radius 2 is 1.68 bits per heavy atom. The second-order valence-electron chi connectivity index (χ2n) is 11.1. The first-order valence-electron chi connectivity index (χ1n) is 12.0. The predicted molar refractivity (Wildman–Crippen MR) is 123 cm³/mol. The molecule has 1 saturated heterocycles.